The van der Waals surface area contributed by atoms with Gasteiger partial charge in [0.25, 0.3) is 0 Å². The lowest BCUT2D eigenvalue weighted by atomic mass is 10.0. The highest BCUT2D eigenvalue weighted by atomic mass is 32.2. The topological polar surface area (TPSA) is 92.6 Å². The molecular weight excluding hydrogens is 436 g/mol. The van der Waals surface area contributed by atoms with Crippen molar-refractivity contribution in [3.8, 4) is 11.5 Å². The van der Waals surface area contributed by atoms with Gasteiger partial charge in [0.15, 0.2) is 16.7 Å². The number of amidine groups is 1. The maximum Gasteiger partial charge on any atom is 0.232 e. The number of sulfonamides is 1. The number of thioether (sulfide) groups is 1. The molecule has 0 saturated heterocycles. The van der Waals surface area contributed by atoms with Crippen molar-refractivity contribution in [2.24, 2.45) is 10.1 Å². The van der Waals surface area contributed by atoms with E-state index in [9.17, 15) is 8.42 Å². The van der Waals surface area contributed by atoms with Crippen LogP contribution in [0.5, 0.6) is 11.5 Å². The zero-order valence-electron chi connectivity index (χ0n) is 17.7. The van der Waals surface area contributed by atoms with E-state index in [0.717, 1.165) is 28.2 Å². The average Bonchev–Trinajstić information content (AvgIpc) is 3.09. The molecule has 164 valence electrons. The molecule has 4 rings (SSSR count). The molecule has 2 aromatic carbocycles. The molecule has 0 aliphatic carbocycles. The third-order valence-electron chi connectivity index (χ3n) is 5.15. The van der Waals surface area contributed by atoms with Gasteiger partial charge < -0.3 is 9.47 Å². The molecule has 2 heterocycles. The van der Waals surface area contributed by atoms with E-state index in [1.807, 2.05) is 43.3 Å². The quantitative estimate of drug-likeness (QED) is 0.737. The second kappa shape index (κ2) is 8.43. The molecule has 2 aromatic rings. The molecule has 0 aromatic heterocycles. The Morgan fingerprint density at radius 1 is 1.16 bits per heavy atom. The van der Waals surface area contributed by atoms with Crippen LogP contribution in [0.25, 0.3) is 0 Å². The number of methoxy groups -OCH3 is 2. The minimum absolute atomic E-state index is 0.0822. The van der Waals surface area contributed by atoms with Gasteiger partial charge in [-0.1, -0.05) is 17.8 Å². The molecule has 1 N–H and O–H groups in total. The lowest BCUT2D eigenvalue weighted by Gasteiger charge is -2.22. The Kier molecular flexibility index (Phi) is 5.85. The maximum absolute atomic E-state index is 12.1. The van der Waals surface area contributed by atoms with Crippen molar-refractivity contribution in [2.45, 2.75) is 19.4 Å². The van der Waals surface area contributed by atoms with Gasteiger partial charge in [-0.3, -0.25) is 9.73 Å². The van der Waals surface area contributed by atoms with E-state index in [0.29, 0.717) is 28.8 Å². The van der Waals surface area contributed by atoms with Gasteiger partial charge in [0.2, 0.25) is 10.0 Å². The normalized spacial score (nSPS) is 19.6. The van der Waals surface area contributed by atoms with E-state index < -0.39 is 10.0 Å². The zero-order valence-corrected chi connectivity index (χ0v) is 19.4. The summed E-state index contributed by atoms with van der Waals surface area (Å²) in [5.74, 6) is 1.92. The largest absolute Gasteiger partial charge is 0.493 e. The third-order valence-corrected chi connectivity index (χ3v) is 7.30. The van der Waals surface area contributed by atoms with Gasteiger partial charge in [0, 0.05) is 17.9 Å². The lowest BCUT2D eigenvalue weighted by Crippen LogP contribution is -2.34. The van der Waals surface area contributed by atoms with Crippen molar-refractivity contribution in [1.82, 2.24) is 5.43 Å². The molecule has 0 unspecified atom stereocenters. The van der Waals surface area contributed by atoms with Gasteiger partial charge in [-0.25, -0.2) is 13.4 Å². The number of aliphatic imine (C=N–C) groups is 1. The predicted octanol–water partition coefficient (Wildman–Crippen LogP) is 3.14. The molecule has 0 radical (unpaired) electrons. The van der Waals surface area contributed by atoms with Gasteiger partial charge >= 0.3 is 0 Å². The fourth-order valence-corrected chi connectivity index (χ4v) is 5.87. The number of hydrogen-bond acceptors (Lipinski definition) is 7. The van der Waals surface area contributed by atoms with E-state index in [1.165, 1.54) is 10.6 Å². The Balaban J connectivity index is 1.53. The summed E-state index contributed by atoms with van der Waals surface area (Å²) >= 11 is 1.55. The van der Waals surface area contributed by atoms with Crippen LogP contribution in [0.1, 0.15) is 18.1 Å². The summed E-state index contributed by atoms with van der Waals surface area (Å²) in [4.78, 5) is 4.59. The number of hydrazone groups is 1. The molecule has 0 amide bonds. The zero-order chi connectivity index (χ0) is 22.2. The number of rotatable bonds is 5. The first-order chi connectivity index (χ1) is 14.8. The van der Waals surface area contributed by atoms with Crippen LogP contribution in [0.4, 0.5) is 11.4 Å². The molecule has 10 heteroatoms. The van der Waals surface area contributed by atoms with E-state index in [4.69, 9.17) is 9.47 Å². The molecule has 2 aliphatic heterocycles. The van der Waals surface area contributed by atoms with Gasteiger partial charge in [0.1, 0.15) is 0 Å². The van der Waals surface area contributed by atoms with Crippen molar-refractivity contribution in [3.05, 3.63) is 47.5 Å². The van der Waals surface area contributed by atoms with Gasteiger partial charge in [0.05, 0.1) is 37.6 Å². The SMILES string of the molecule is COc1ccc(N=C2NN=C(c3ccc4c(c3)C[C@H](C)N4S(C)(=O)=O)CS2)cc1OC. The molecule has 2 aliphatic rings. The summed E-state index contributed by atoms with van der Waals surface area (Å²) in [7, 11) is -0.113. The number of anilines is 1. The van der Waals surface area contributed by atoms with Gasteiger partial charge in [-0.05, 0) is 48.7 Å². The first-order valence-electron chi connectivity index (χ1n) is 9.69. The van der Waals surface area contributed by atoms with Crippen LogP contribution < -0.4 is 19.2 Å². The van der Waals surface area contributed by atoms with Crippen LogP contribution in [-0.2, 0) is 16.4 Å². The summed E-state index contributed by atoms with van der Waals surface area (Å²) in [6.07, 6.45) is 1.94. The summed E-state index contributed by atoms with van der Waals surface area (Å²) in [6.45, 7) is 1.92. The summed E-state index contributed by atoms with van der Waals surface area (Å²) in [5.41, 5.74) is 7.40. The van der Waals surface area contributed by atoms with Crippen LogP contribution in [0.3, 0.4) is 0 Å². The molecule has 0 bridgehead atoms. The van der Waals surface area contributed by atoms with Crippen LogP contribution >= 0.6 is 11.8 Å². The number of fused-ring (bicyclic) bond motifs is 1. The first kappa shape index (κ1) is 21.5. The monoisotopic (exact) mass is 460 g/mol. The van der Waals surface area contributed by atoms with Crippen LogP contribution in [0.2, 0.25) is 0 Å². The number of nitrogens with one attached hydrogen (secondary N) is 1. The van der Waals surface area contributed by atoms with E-state index in [2.05, 4.69) is 15.5 Å². The molecule has 1 atom stereocenters. The van der Waals surface area contributed by atoms with Crippen molar-refractivity contribution in [3.63, 3.8) is 0 Å². The molecule has 0 saturated carbocycles. The summed E-state index contributed by atoms with van der Waals surface area (Å²) in [5, 5.41) is 5.18. The number of ether oxygens (including phenoxy) is 2. The highest BCUT2D eigenvalue weighted by Gasteiger charge is 2.32. The van der Waals surface area contributed by atoms with E-state index in [1.54, 1.807) is 26.0 Å². The Morgan fingerprint density at radius 2 is 1.94 bits per heavy atom. The van der Waals surface area contributed by atoms with Gasteiger partial charge in [-0.2, -0.15) is 5.10 Å². The molecule has 0 spiro atoms. The second-order valence-electron chi connectivity index (χ2n) is 7.37. The highest BCUT2D eigenvalue weighted by molar-refractivity contribution is 8.14. The van der Waals surface area contributed by atoms with Crippen molar-refractivity contribution < 1.29 is 17.9 Å². The Labute approximate surface area is 186 Å². The lowest BCUT2D eigenvalue weighted by molar-refractivity contribution is 0.355. The molecule has 8 nitrogen and oxygen atoms in total. The highest BCUT2D eigenvalue weighted by Crippen LogP contribution is 2.35. The average molecular weight is 461 g/mol. The van der Waals surface area contributed by atoms with Gasteiger partial charge in [-0.15, -0.1) is 0 Å². The number of hydrogen-bond donors (Lipinski definition) is 1. The van der Waals surface area contributed by atoms with Crippen LogP contribution in [-0.4, -0.2) is 51.6 Å². The molecular formula is C21H24N4O4S2. The maximum atomic E-state index is 12.1. The van der Waals surface area contributed by atoms with Crippen LogP contribution in [0.15, 0.2) is 46.5 Å². The van der Waals surface area contributed by atoms with Crippen molar-refractivity contribution >= 4 is 44.0 Å². The van der Waals surface area contributed by atoms with E-state index >= 15 is 0 Å². The second-order valence-corrected chi connectivity index (χ2v) is 10.2. The predicted molar refractivity (Wildman–Crippen MR) is 126 cm³/mol. The number of nitrogens with zero attached hydrogens (tertiary/aromatic N) is 3. The fourth-order valence-electron chi connectivity index (χ4n) is 3.82. The minimum atomic E-state index is -3.30. The Bertz CT molecular complexity index is 1180. The molecule has 0 fully saturated rings. The summed E-state index contributed by atoms with van der Waals surface area (Å²) < 4.78 is 36.3. The van der Waals surface area contributed by atoms with Crippen LogP contribution in [0, 0.1) is 0 Å². The smallest absolute Gasteiger partial charge is 0.232 e. The Morgan fingerprint density at radius 3 is 2.58 bits per heavy atom. The summed E-state index contributed by atoms with van der Waals surface area (Å²) in [6, 6.07) is 11.2. The Hall–Kier alpha value is -2.72. The van der Waals surface area contributed by atoms with E-state index in [-0.39, 0.29) is 6.04 Å². The number of benzene rings is 2. The molecule has 31 heavy (non-hydrogen) atoms. The van der Waals surface area contributed by atoms with Crippen molar-refractivity contribution in [1.29, 1.82) is 0 Å². The standard InChI is InChI=1S/C21H24N4O4S2/c1-13-9-15-10-14(5-7-18(15)25(13)31(4,26)27)17-12-30-21(24-23-17)22-16-6-8-19(28-2)20(11-16)29-3/h5-8,10-11,13H,9,12H2,1-4H3,(H,22,24)/t13-/m0/s1. The van der Waals surface area contributed by atoms with Crippen molar-refractivity contribution in [2.75, 3.05) is 30.5 Å². The minimum Gasteiger partial charge on any atom is -0.493 e. The fraction of sp³-hybridized carbons (Fsp3) is 0.333. The third kappa shape index (κ3) is 4.35. The first-order valence-corrected chi connectivity index (χ1v) is 12.5.